The molecule has 0 aromatic rings. The number of aliphatic hydroxyl groups is 2. The zero-order valence-corrected chi connectivity index (χ0v) is 43.0. The number of hydrogen-bond donors (Lipinski definition) is 3. The monoisotopic (exact) mass is 949 g/mol. The molecule has 0 saturated carbocycles. The van der Waals surface area contributed by atoms with Crippen molar-refractivity contribution in [2.24, 2.45) is 0 Å². The van der Waals surface area contributed by atoms with E-state index in [1.165, 1.54) is 96.3 Å². The van der Waals surface area contributed by atoms with E-state index < -0.39 is 44.7 Å². The summed E-state index contributed by atoms with van der Waals surface area (Å²) >= 11 is 0. The molecule has 0 aliphatic rings. The molecule has 1 unspecified atom stereocenters. The number of esters is 2. The Morgan fingerprint density at radius 2 is 1.06 bits per heavy atom. The minimum absolute atomic E-state index is 0.00580. The van der Waals surface area contributed by atoms with Crippen LogP contribution < -0.4 is 0 Å². The Bertz CT molecular complexity index is 1430. The van der Waals surface area contributed by atoms with Gasteiger partial charge in [0.25, 0.3) is 0 Å². The van der Waals surface area contributed by atoms with Crippen LogP contribution in [-0.4, -0.2) is 97.3 Å². The van der Waals surface area contributed by atoms with Crippen molar-refractivity contribution in [3.05, 3.63) is 85.1 Å². The number of phosphoric ester groups is 1. The highest BCUT2D eigenvalue weighted by atomic mass is 31.2. The van der Waals surface area contributed by atoms with E-state index in [-0.39, 0.29) is 26.1 Å². The zero-order chi connectivity index (χ0) is 48.8. The van der Waals surface area contributed by atoms with Gasteiger partial charge in [0, 0.05) is 12.8 Å². The molecular weight excluding hydrogens is 854 g/mol. The van der Waals surface area contributed by atoms with Gasteiger partial charge in [-0.1, -0.05) is 189 Å². The summed E-state index contributed by atoms with van der Waals surface area (Å²) in [5.74, 6) is -0.969. The van der Waals surface area contributed by atoms with E-state index in [0.29, 0.717) is 43.1 Å². The molecule has 0 spiro atoms. The lowest BCUT2D eigenvalue weighted by molar-refractivity contribution is -0.870. The molecule has 0 rings (SSSR count). The van der Waals surface area contributed by atoms with Gasteiger partial charge in [0.1, 0.15) is 19.8 Å². The molecule has 0 heterocycles. The topological polar surface area (TPSA) is 149 Å². The van der Waals surface area contributed by atoms with Crippen molar-refractivity contribution in [1.82, 2.24) is 0 Å². The largest absolute Gasteiger partial charge is 0.472 e. The minimum Gasteiger partial charge on any atom is -0.462 e. The van der Waals surface area contributed by atoms with Crippen LogP contribution in [0.3, 0.4) is 0 Å². The van der Waals surface area contributed by atoms with Gasteiger partial charge < -0.3 is 29.1 Å². The van der Waals surface area contributed by atoms with Gasteiger partial charge in [-0.3, -0.25) is 18.6 Å². The van der Waals surface area contributed by atoms with Crippen molar-refractivity contribution < 1.29 is 52.3 Å². The summed E-state index contributed by atoms with van der Waals surface area (Å²) in [5, 5.41) is 20.0. The number of carbonyl (C=O) groups excluding carboxylic acids is 2. The Morgan fingerprint density at radius 3 is 1.61 bits per heavy atom. The summed E-state index contributed by atoms with van der Waals surface area (Å²) in [6.07, 6.45) is 51.4. The molecule has 0 fully saturated rings. The number of ether oxygens (including phenoxy) is 2. The number of unbranched alkanes of at least 4 members (excludes halogenated alkanes) is 17. The number of nitrogens with zero attached hydrogens (tertiary/aromatic N) is 1. The Labute approximate surface area is 402 Å². The fraction of sp³-hybridized carbons (Fsp3) is 0.704. The van der Waals surface area contributed by atoms with Gasteiger partial charge in [-0.2, -0.15) is 0 Å². The second kappa shape index (κ2) is 44.6. The van der Waals surface area contributed by atoms with Crippen molar-refractivity contribution in [2.45, 2.75) is 199 Å². The van der Waals surface area contributed by atoms with E-state index in [9.17, 15) is 29.3 Å². The number of allylic oxidation sites excluding steroid dienone is 10. The molecule has 380 valence electrons. The van der Waals surface area contributed by atoms with Crippen LogP contribution in [0.25, 0.3) is 0 Å². The number of hydrogen-bond acceptors (Lipinski definition) is 9. The van der Waals surface area contributed by atoms with E-state index in [1.54, 1.807) is 36.5 Å². The third-order valence-electron chi connectivity index (χ3n) is 10.6. The first kappa shape index (κ1) is 63.1. The summed E-state index contributed by atoms with van der Waals surface area (Å²) in [7, 11) is 1.35. The molecule has 0 aliphatic carbocycles. The Kier molecular flexibility index (Phi) is 42.7. The molecule has 4 atom stereocenters. The molecule has 3 N–H and O–H groups in total. The van der Waals surface area contributed by atoms with Crippen LogP contribution in [0.2, 0.25) is 0 Å². The van der Waals surface area contributed by atoms with Gasteiger partial charge in [-0.15, -0.1) is 0 Å². The van der Waals surface area contributed by atoms with Crippen LogP contribution in [0.5, 0.6) is 0 Å². The maximum Gasteiger partial charge on any atom is 0.472 e. The van der Waals surface area contributed by atoms with Crippen LogP contribution in [0.1, 0.15) is 181 Å². The van der Waals surface area contributed by atoms with Gasteiger partial charge in [-0.25, -0.2) is 4.57 Å². The predicted octanol–water partition coefficient (Wildman–Crippen LogP) is 13.1. The fourth-order valence-electron chi connectivity index (χ4n) is 6.56. The molecule has 0 aromatic heterocycles. The van der Waals surface area contributed by atoms with Gasteiger partial charge in [0.2, 0.25) is 0 Å². The minimum atomic E-state index is -4.43. The van der Waals surface area contributed by atoms with Gasteiger partial charge in [-0.05, 0) is 64.2 Å². The first-order valence-corrected chi connectivity index (χ1v) is 27.0. The number of rotatable bonds is 45. The maximum atomic E-state index is 12.7. The predicted molar refractivity (Wildman–Crippen MR) is 273 cm³/mol. The molecule has 0 radical (unpaired) electrons. The SMILES string of the molecule is CC/C=C\C[C@H](O)/C=C/C=C\C=C\[C@H](O)C/C=C\C/C=C\CCC(=O)O[C@H](COC(=O)CCCCCCCCCCCCC/C=C\CCCCCCCC)COP(=O)(O)OCC[N+](C)(C)C. The first-order valence-electron chi connectivity index (χ1n) is 25.5. The third-order valence-corrected chi connectivity index (χ3v) is 11.6. The number of quaternary nitrogens is 1. The highest BCUT2D eigenvalue weighted by molar-refractivity contribution is 7.47. The van der Waals surface area contributed by atoms with E-state index >= 15 is 0 Å². The number of phosphoric acid groups is 1. The van der Waals surface area contributed by atoms with Gasteiger partial charge in [0.15, 0.2) is 6.10 Å². The second-order valence-corrected chi connectivity index (χ2v) is 19.7. The van der Waals surface area contributed by atoms with Crippen LogP contribution in [0.4, 0.5) is 0 Å². The maximum absolute atomic E-state index is 12.7. The van der Waals surface area contributed by atoms with Crippen molar-refractivity contribution in [3.63, 3.8) is 0 Å². The molecule has 0 saturated heterocycles. The molecule has 0 bridgehead atoms. The summed E-state index contributed by atoms with van der Waals surface area (Å²) in [6, 6.07) is 0. The van der Waals surface area contributed by atoms with Gasteiger partial charge >= 0.3 is 19.8 Å². The summed E-state index contributed by atoms with van der Waals surface area (Å²) < 4.78 is 34.3. The van der Waals surface area contributed by atoms with Crippen molar-refractivity contribution >= 4 is 19.8 Å². The molecule has 12 heteroatoms. The first-order chi connectivity index (χ1) is 31.8. The summed E-state index contributed by atoms with van der Waals surface area (Å²) in [4.78, 5) is 35.5. The van der Waals surface area contributed by atoms with E-state index in [4.69, 9.17) is 18.5 Å². The van der Waals surface area contributed by atoms with Crippen LogP contribution >= 0.6 is 7.82 Å². The lowest BCUT2D eigenvalue weighted by Gasteiger charge is -2.24. The molecule has 11 nitrogen and oxygen atoms in total. The standard InChI is InChI=1S/C54H94NO10P/c1-6-8-10-11-12-13-14-15-16-17-18-19-20-21-22-23-24-25-26-30-38-44-53(58)62-48-52(49-64-66(60,61)63-47-46-55(3,4)5)65-54(59)45-39-31-28-27-29-35-41-51(57)43-37-33-32-36-42-50(56)40-34-9-7-2/h9,15-16,28-29,31-37,42-43,50-52,56-57H,6-8,10-14,17-27,30,38-41,44-49H2,1-5H3/p+1/b16-15-,31-28-,33-32-,34-9-,35-29-,42-36+,43-37+/t50-,51+,52+/m0/s1. The van der Waals surface area contributed by atoms with Crippen LogP contribution in [-0.2, 0) is 32.7 Å². The Morgan fingerprint density at radius 1 is 0.561 bits per heavy atom. The lowest BCUT2D eigenvalue weighted by Crippen LogP contribution is -2.37. The average Bonchev–Trinajstić information content (AvgIpc) is 3.26. The average molecular weight is 949 g/mol. The quantitative estimate of drug-likeness (QED) is 0.0134. The number of aliphatic hydroxyl groups excluding tert-OH is 2. The third kappa shape index (κ3) is 47.6. The molecule has 0 aromatic carbocycles. The van der Waals surface area contributed by atoms with Crippen molar-refractivity contribution in [2.75, 3.05) is 47.5 Å². The summed E-state index contributed by atoms with van der Waals surface area (Å²) in [6.45, 7) is 4.02. The summed E-state index contributed by atoms with van der Waals surface area (Å²) in [5.41, 5.74) is 0. The van der Waals surface area contributed by atoms with Crippen molar-refractivity contribution in [3.8, 4) is 0 Å². The molecule has 66 heavy (non-hydrogen) atoms. The van der Waals surface area contributed by atoms with E-state index in [1.807, 2.05) is 57.6 Å². The molecule has 0 aliphatic heterocycles. The van der Waals surface area contributed by atoms with E-state index in [2.05, 4.69) is 26.0 Å². The lowest BCUT2D eigenvalue weighted by atomic mass is 10.0. The Balaban J connectivity index is 4.47. The smallest absolute Gasteiger partial charge is 0.462 e. The van der Waals surface area contributed by atoms with Crippen LogP contribution in [0, 0.1) is 0 Å². The normalized spacial score (nSPS) is 15.1. The number of carbonyl (C=O) groups is 2. The van der Waals surface area contributed by atoms with Crippen molar-refractivity contribution in [1.29, 1.82) is 0 Å². The highest BCUT2D eigenvalue weighted by Crippen LogP contribution is 2.43. The number of likely N-dealkylation sites (N-methyl/N-ethyl adjacent to an activating group) is 1. The molecular formula is C54H95NO10P+. The fourth-order valence-corrected chi connectivity index (χ4v) is 7.30. The highest BCUT2D eigenvalue weighted by Gasteiger charge is 2.27. The van der Waals surface area contributed by atoms with Gasteiger partial charge in [0.05, 0.1) is 40.0 Å². The second-order valence-electron chi connectivity index (χ2n) is 18.2. The zero-order valence-electron chi connectivity index (χ0n) is 42.1. The Hall–Kier alpha value is -2.89. The molecule has 0 amide bonds. The van der Waals surface area contributed by atoms with E-state index in [0.717, 1.165) is 25.7 Å². The van der Waals surface area contributed by atoms with Crippen LogP contribution in [0.15, 0.2) is 85.1 Å².